The van der Waals surface area contributed by atoms with E-state index in [-0.39, 0.29) is 5.56 Å². The van der Waals surface area contributed by atoms with Gasteiger partial charge in [-0.15, -0.1) is 5.10 Å². The maximum Gasteiger partial charge on any atom is 0.165 e. The van der Waals surface area contributed by atoms with Gasteiger partial charge in [0.15, 0.2) is 11.6 Å². The number of hydrogen-bond donors (Lipinski definition) is 1. The zero-order valence-corrected chi connectivity index (χ0v) is 10.8. The van der Waals surface area contributed by atoms with Crippen LogP contribution in [0.25, 0.3) is 0 Å². The minimum atomic E-state index is -1.69. The van der Waals surface area contributed by atoms with Crippen molar-refractivity contribution in [3.8, 4) is 0 Å². The van der Waals surface area contributed by atoms with Gasteiger partial charge in [0.25, 0.3) is 0 Å². The fourth-order valence-corrected chi connectivity index (χ4v) is 2.03. The highest BCUT2D eigenvalue weighted by molar-refractivity contribution is 5.32. The molecule has 0 aliphatic heterocycles. The van der Waals surface area contributed by atoms with Crippen LogP contribution in [-0.4, -0.2) is 20.1 Å². The third kappa shape index (κ3) is 2.35. The molecule has 1 atom stereocenters. The fourth-order valence-electron chi connectivity index (χ4n) is 2.03. The molecule has 0 fully saturated rings. The molecule has 1 N–H and O–H groups in total. The normalized spacial score (nSPS) is 14.4. The van der Waals surface area contributed by atoms with Crippen LogP contribution in [0.1, 0.15) is 31.5 Å². The van der Waals surface area contributed by atoms with E-state index in [2.05, 4.69) is 10.3 Å². The number of rotatable bonds is 4. The Kier molecular flexibility index (Phi) is 3.61. The van der Waals surface area contributed by atoms with Gasteiger partial charge in [-0.1, -0.05) is 24.3 Å². The van der Waals surface area contributed by atoms with Crippen molar-refractivity contribution in [1.82, 2.24) is 15.0 Å². The Bertz CT molecular complexity index is 581. The molecule has 102 valence electrons. The summed E-state index contributed by atoms with van der Waals surface area (Å²) in [6.07, 6.45) is 2.15. The van der Waals surface area contributed by atoms with E-state index >= 15 is 0 Å². The first-order valence-electron chi connectivity index (χ1n) is 6.04. The number of aromatic nitrogens is 3. The average molecular weight is 267 g/mol. The molecule has 4 nitrogen and oxygen atoms in total. The molecule has 0 spiro atoms. The predicted molar refractivity (Wildman–Crippen MR) is 65.3 cm³/mol. The van der Waals surface area contributed by atoms with Gasteiger partial charge in [0.2, 0.25) is 0 Å². The van der Waals surface area contributed by atoms with Crippen LogP contribution in [0.2, 0.25) is 0 Å². The number of aliphatic hydroxyl groups is 1. The van der Waals surface area contributed by atoms with Crippen molar-refractivity contribution in [2.24, 2.45) is 0 Å². The smallest absolute Gasteiger partial charge is 0.165 e. The molecule has 1 heterocycles. The van der Waals surface area contributed by atoms with Gasteiger partial charge < -0.3 is 5.11 Å². The summed E-state index contributed by atoms with van der Waals surface area (Å²) in [5, 5.41) is 18.1. The lowest BCUT2D eigenvalue weighted by Crippen LogP contribution is -2.28. The van der Waals surface area contributed by atoms with Crippen LogP contribution >= 0.6 is 0 Å². The molecule has 1 unspecified atom stereocenters. The number of benzene rings is 1. The number of halogens is 2. The monoisotopic (exact) mass is 267 g/mol. The molecule has 1 aromatic heterocycles. The molecule has 19 heavy (non-hydrogen) atoms. The summed E-state index contributed by atoms with van der Waals surface area (Å²) in [5.41, 5.74) is -1.49. The van der Waals surface area contributed by atoms with E-state index in [1.54, 1.807) is 0 Å². The molecule has 2 aromatic rings. The highest BCUT2D eigenvalue weighted by Crippen LogP contribution is 2.31. The summed E-state index contributed by atoms with van der Waals surface area (Å²) >= 11 is 0. The zero-order valence-electron chi connectivity index (χ0n) is 10.8. The second-order valence-corrected chi connectivity index (χ2v) is 4.52. The van der Waals surface area contributed by atoms with E-state index in [1.165, 1.54) is 29.9 Å². The van der Waals surface area contributed by atoms with E-state index < -0.39 is 17.2 Å². The van der Waals surface area contributed by atoms with Crippen LogP contribution < -0.4 is 0 Å². The number of nitrogens with zero attached hydrogens (tertiary/aromatic N) is 3. The Labute approximate surface area is 109 Å². The standard InChI is InChI=1S/C13H15F2N3O/c1-3-7-18-11(8-16-17-18)13(2,19)9-5-4-6-10(14)12(9)15/h4-6,8,19H,3,7H2,1-2H3. The van der Waals surface area contributed by atoms with Crippen molar-refractivity contribution in [2.75, 3.05) is 0 Å². The van der Waals surface area contributed by atoms with E-state index in [9.17, 15) is 13.9 Å². The number of hydrogen-bond acceptors (Lipinski definition) is 3. The quantitative estimate of drug-likeness (QED) is 0.924. The summed E-state index contributed by atoms with van der Waals surface area (Å²) < 4.78 is 28.6. The van der Waals surface area contributed by atoms with Crippen LogP contribution in [0, 0.1) is 11.6 Å². The molecule has 0 amide bonds. The van der Waals surface area contributed by atoms with Gasteiger partial charge in [-0.25, -0.2) is 13.5 Å². The van der Waals surface area contributed by atoms with Crippen LogP contribution in [0.5, 0.6) is 0 Å². The van der Waals surface area contributed by atoms with Gasteiger partial charge in [-0.05, 0) is 19.4 Å². The Morgan fingerprint density at radius 3 is 2.79 bits per heavy atom. The van der Waals surface area contributed by atoms with Gasteiger partial charge in [0.05, 0.1) is 11.9 Å². The largest absolute Gasteiger partial charge is 0.379 e. The molecular formula is C13H15F2N3O. The first-order valence-corrected chi connectivity index (χ1v) is 6.04. The van der Waals surface area contributed by atoms with Crippen molar-refractivity contribution in [3.63, 3.8) is 0 Å². The fraction of sp³-hybridized carbons (Fsp3) is 0.385. The van der Waals surface area contributed by atoms with Crippen molar-refractivity contribution in [1.29, 1.82) is 0 Å². The second kappa shape index (κ2) is 5.05. The van der Waals surface area contributed by atoms with Crippen molar-refractivity contribution in [2.45, 2.75) is 32.4 Å². The highest BCUT2D eigenvalue weighted by Gasteiger charge is 2.33. The van der Waals surface area contributed by atoms with Gasteiger partial charge in [-0.3, -0.25) is 0 Å². The zero-order chi connectivity index (χ0) is 14.0. The van der Waals surface area contributed by atoms with Crippen molar-refractivity contribution < 1.29 is 13.9 Å². The van der Waals surface area contributed by atoms with Crippen LogP contribution in [0.4, 0.5) is 8.78 Å². The summed E-state index contributed by atoms with van der Waals surface area (Å²) in [7, 11) is 0. The average Bonchev–Trinajstić information content (AvgIpc) is 2.82. The first-order chi connectivity index (χ1) is 8.98. The molecule has 0 aliphatic rings. The Balaban J connectivity index is 2.52. The minimum absolute atomic E-state index is 0.132. The SMILES string of the molecule is CCCn1nncc1C(C)(O)c1cccc(F)c1F. The summed E-state index contributed by atoms with van der Waals surface area (Å²) in [4.78, 5) is 0. The van der Waals surface area contributed by atoms with E-state index in [0.29, 0.717) is 12.2 Å². The van der Waals surface area contributed by atoms with E-state index in [1.807, 2.05) is 6.92 Å². The second-order valence-electron chi connectivity index (χ2n) is 4.52. The molecule has 0 saturated heterocycles. The molecule has 1 aromatic carbocycles. The molecule has 0 bridgehead atoms. The molecule has 0 aliphatic carbocycles. The molecular weight excluding hydrogens is 252 g/mol. The predicted octanol–water partition coefficient (Wildman–Crippen LogP) is 2.22. The lowest BCUT2D eigenvalue weighted by molar-refractivity contribution is 0.0864. The first kappa shape index (κ1) is 13.6. The molecule has 6 heteroatoms. The van der Waals surface area contributed by atoms with Crippen LogP contribution in [0.3, 0.4) is 0 Å². The van der Waals surface area contributed by atoms with E-state index in [4.69, 9.17) is 0 Å². The van der Waals surface area contributed by atoms with Crippen molar-refractivity contribution in [3.05, 3.63) is 47.3 Å². The van der Waals surface area contributed by atoms with E-state index in [0.717, 1.165) is 12.5 Å². The minimum Gasteiger partial charge on any atom is -0.379 e. The van der Waals surface area contributed by atoms with Gasteiger partial charge in [-0.2, -0.15) is 0 Å². The maximum absolute atomic E-state index is 13.8. The number of aryl methyl sites for hydroxylation is 1. The Morgan fingerprint density at radius 2 is 2.11 bits per heavy atom. The summed E-state index contributed by atoms with van der Waals surface area (Å²) in [6, 6.07) is 3.72. The van der Waals surface area contributed by atoms with Gasteiger partial charge in [0.1, 0.15) is 5.60 Å². The lowest BCUT2D eigenvalue weighted by Gasteiger charge is -2.24. The van der Waals surface area contributed by atoms with Crippen LogP contribution in [0.15, 0.2) is 24.4 Å². The lowest BCUT2D eigenvalue weighted by atomic mass is 9.92. The third-order valence-electron chi connectivity index (χ3n) is 3.03. The van der Waals surface area contributed by atoms with Gasteiger partial charge >= 0.3 is 0 Å². The highest BCUT2D eigenvalue weighted by atomic mass is 19.2. The van der Waals surface area contributed by atoms with Crippen LogP contribution in [-0.2, 0) is 12.1 Å². The third-order valence-corrected chi connectivity index (χ3v) is 3.03. The Hall–Kier alpha value is -1.82. The van der Waals surface area contributed by atoms with Crippen molar-refractivity contribution >= 4 is 0 Å². The maximum atomic E-state index is 13.8. The molecule has 2 rings (SSSR count). The molecule has 0 radical (unpaired) electrons. The summed E-state index contributed by atoms with van der Waals surface area (Å²) in [5.74, 6) is -2.05. The van der Waals surface area contributed by atoms with Gasteiger partial charge in [0, 0.05) is 12.1 Å². The molecule has 0 saturated carbocycles. The summed E-state index contributed by atoms with van der Waals surface area (Å²) in [6.45, 7) is 3.89. The Morgan fingerprint density at radius 1 is 1.37 bits per heavy atom. The topological polar surface area (TPSA) is 50.9 Å².